The first kappa shape index (κ1) is 16.8. The van der Waals surface area contributed by atoms with Gasteiger partial charge in [0.2, 0.25) is 0 Å². The Labute approximate surface area is 145 Å². The normalized spacial score (nSPS) is 20.5. The number of carboxylic acid groups (broad SMARTS) is 1. The van der Waals surface area contributed by atoms with Crippen LogP contribution >= 0.6 is 11.6 Å². The van der Waals surface area contributed by atoms with Gasteiger partial charge in [0, 0.05) is 22.7 Å². The number of carbonyl (C=O) groups is 1. The van der Waals surface area contributed by atoms with E-state index in [1.165, 1.54) is 0 Å². The molecule has 0 amide bonds. The van der Waals surface area contributed by atoms with E-state index in [0.29, 0.717) is 16.6 Å². The van der Waals surface area contributed by atoms with Gasteiger partial charge in [-0.25, -0.2) is 4.79 Å². The topological polar surface area (TPSA) is 78.6 Å². The molecule has 1 heterocycles. The summed E-state index contributed by atoms with van der Waals surface area (Å²) < 4.78 is 5.34. The Morgan fingerprint density at radius 1 is 1.33 bits per heavy atom. The fourth-order valence-corrected chi connectivity index (χ4v) is 3.41. The quantitative estimate of drug-likeness (QED) is 0.858. The summed E-state index contributed by atoms with van der Waals surface area (Å²) in [7, 11) is 4.06. The molecule has 7 heteroatoms. The molecule has 0 unspecified atom stereocenters. The van der Waals surface area contributed by atoms with E-state index in [2.05, 4.69) is 15.4 Å². The molecule has 2 N–H and O–H groups in total. The minimum Gasteiger partial charge on any atom is -0.477 e. The van der Waals surface area contributed by atoms with Gasteiger partial charge in [-0.1, -0.05) is 16.8 Å². The molecule has 0 saturated heterocycles. The average molecular weight is 350 g/mol. The van der Waals surface area contributed by atoms with E-state index < -0.39 is 5.97 Å². The Hall–Kier alpha value is -2.05. The molecule has 2 aromatic rings. The van der Waals surface area contributed by atoms with Crippen LogP contribution in [0.1, 0.15) is 29.6 Å². The van der Waals surface area contributed by atoms with E-state index >= 15 is 0 Å². The number of hydrogen-bond acceptors (Lipinski definition) is 5. The van der Waals surface area contributed by atoms with Crippen LogP contribution in [0.25, 0.3) is 11.3 Å². The second-order valence-corrected chi connectivity index (χ2v) is 6.70. The predicted octanol–water partition coefficient (Wildman–Crippen LogP) is 3.59. The molecule has 3 rings (SSSR count). The third-order valence-corrected chi connectivity index (χ3v) is 4.73. The Morgan fingerprint density at radius 3 is 2.67 bits per heavy atom. The first-order chi connectivity index (χ1) is 11.5. The Balaban J connectivity index is 1.92. The molecule has 1 aromatic carbocycles. The molecule has 24 heavy (non-hydrogen) atoms. The van der Waals surface area contributed by atoms with Crippen molar-refractivity contribution in [3.63, 3.8) is 0 Å². The van der Waals surface area contributed by atoms with E-state index in [-0.39, 0.29) is 23.2 Å². The lowest BCUT2D eigenvalue weighted by Gasteiger charge is -2.26. The van der Waals surface area contributed by atoms with Gasteiger partial charge in [0.15, 0.2) is 17.1 Å². The number of halogens is 1. The molecule has 6 nitrogen and oxygen atoms in total. The second kappa shape index (κ2) is 6.83. The zero-order valence-corrected chi connectivity index (χ0v) is 14.4. The second-order valence-electron chi connectivity index (χ2n) is 6.26. The summed E-state index contributed by atoms with van der Waals surface area (Å²) in [5.74, 6) is -0.546. The number of aromatic nitrogens is 1. The lowest BCUT2D eigenvalue weighted by Crippen LogP contribution is -2.39. The summed E-state index contributed by atoms with van der Waals surface area (Å²) in [5.41, 5.74) is 0.690. The molecule has 0 aliphatic heterocycles. The van der Waals surface area contributed by atoms with Crippen LogP contribution in [0, 0.1) is 0 Å². The van der Waals surface area contributed by atoms with E-state index in [0.717, 1.165) is 19.3 Å². The number of likely N-dealkylation sites (N-methyl/N-ethyl adjacent to an activating group) is 1. The van der Waals surface area contributed by atoms with E-state index in [1.807, 2.05) is 14.1 Å². The molecule has 0 bridgehead atoms. The summed E-state index contributed by atoms with van der Waals surface area (Å²) >= 11 is 5.89. The van der Waals surface area contributed by atoms with Crippen LogP contribution in [0.5, 0.6) is 0 Å². The number of nitrogens with one attached hydrogen (secondary N) is 1. The van der Waals surface area contributed by atoms with Gasteiger partial charge in [0.1, 0.15) is 0 Å². The van der Waals surface area contributed by atoms with E-state index in [1.54, 1.807) is 24.3 Å². The zero-order chi connectivity index (χ0) is 17.3. The smallest absolute Gasteiger partial charge is 0.343 e. The molecular weight excluding hydrogens is 330 g/mol. The van der Waals surface area contributed by atoms with Crippen molar-refractivity contribution in [3.8, 4) is 11.3 Å². The van der Waals surface area contributed by atoms with Crippen LogP contribution in [-0.2, 0) is 0 Å². The number of aromatic carboxylic acids is 1. The summed E-state index contributed by atoms with van der Waals surface area (Å²) in [4.78, 5) is 13.9. The maximum Gasteiger partial charge on any atom is 0.343 e. The number of nitrogens with zero attached hydrogens (tertiary/aromatic N) is 2. The first-order valence-corrected chi connectivity index (χ1v) is 8.27. The highest BCUT2D eigenvalue weighted by atomic mass is 35.5. The minimum atomic E-state index is -1.07. The summed E-state index contributed by atoms with van der Waals surface area (Å²) in [5, 5.41) is 17.4. The van der Waals surface area contributed by atoms with Gasteiger partial charge < -0.3 is 19.8 Å². The van der Waals surface area contributed by atoms with Gasteiger partial charge >= 0.3 is 5.97 Å². The molecule has 1 saturated carbocycles. The van der Waals surface area contributed by atoms with Crippen molar-refractivity contribution in [2.45, 2.75) is 31.3 Å². The third kappa shape index (κ3) is 3.25. The number of rotatable bonds is 5. The maximum absolute atomic E-state index is 11.8. The summed E-state index contributed by atoms with van der Waals surface area (Å²) in [6, 6.07) is 7.33. The van der Waals surface area contributed by atoms with Gasteiger partial charge in [-0.15, -0.1) is 0 Å². The van der Waals surface area contributed by atoms with Crippen molar-refractivity contribution in [1.82, 2.24) is 10.1 Å². The summed E-state index contributed by atoms with van der Waals surface area (Å²) in [6.45, 7) is 0. The van der Waals surface area contributed by atoms with Crippen molar-refractivity contribution in [3.05, 3.63) is 34.9 Å². The van der Waals surface area contributed by atoms with Crippen LogP contribution in [0.15, 0.2) is 28.8 Å². The molecule has 1 aliphatic carbocycles. The van der Waals surface area contributed by atoms with E-state index in [9.17, 15) is 9.90 Å². The van der Waals surface area contributed by atoms with Crippen LogP contribution in [0.3, 0.4) is 0 Å². The minimum absolute atomic E-state index is 0.0572. The highest BCUT2D eigenvalue weighted by Gasteiger charge is 2.32. The fraction of sp³-hybridized carbons (Fsp3) is 0.412. The van der Waals surface area contributed by atoms with Gasteiger partial charge in [-0.3, -0.25) is 0 Å². The highest BCUT2D eigenvalue weighted by Crippen LogP contribution is 2.33. The fourth-order valence-electron chi connectivity index (χ4n) is 3.29. The summed E-state index contributed by atoms with van der Waals surface area (Å²) in [6.07, 6.45) is 3.16. The highest BCUT2D eigenvalue weighted by molar-refractivity contribution is 6.30. The van der Waals surface area contributed by atoms with Crippen molar-refractivity contribution in [2.75, 3.05) is 19.4 Å². The first-order valence-electron chi connectivity index (χ1n) is 7.89. The molecule has 0 radical (unpaired) electrons. The molecule has 1 aromatic heterocycles. The van der Waals surface area contributed by atoms with E-state index in [4.69, 9.17) is 16.1 Å². The zero-order valence-electron chi connectivity index (χ0n) is 13.6. The Morgan fingerprint density at radius 2 is 2.04 bits per heavy atom. The maximum atomic E-state index is 11.8. The Bertz CT molecular complexity index is 727. The van der Waals surface area contributed by atoms with Crippen molar-refractivity contribution < 1.29 is 14.4 Å². The number of benzene rings is 1. The SMILES string of the molecule is CN(C)[C@@H]1CCC[C@H]1Nc1noc(-c2ccc(Cl)cc2)c1C(=O)O. The van der Waals surface area contributed by atoms with Crippen LogP contribution in [0.4, 0.5) is 5.82 Å². The molecule has 128 valence electrons. The van der Waals surface area contributed by atoms with Gasteiger partial charge in [-0.05, 0) is 57.6 Å². The van der Waals surface area contributed by atoms with Gasteiger partial charge in [0.25, 0.3) is 0 Å². The molecule has 1 fully saturated rings. The van der Waals surface area contributed by atoms with Gasteiger partial charge in [-0.2, -0.15) is 0 Å². The molecule has 0 spiro atoms. The van der Waals surface area contributed by atoms with Crippen LogP contribution in [-0.4, -0.2) is 47.3 Å². The average Bonchev–Trinajstić information content (AvgIpc) is 3.15. The van der Waals surface area contributed by atoms with Crippen molar-refractivity contribution in [2.24, 2.45) is 0 Å². The molecule has 1 aliphatic rings. The Kier molecular flexibility index (Phi) is 4.78. The van der Waals surface area contributed by atoms with Gasteiger partial charge in [0.05, 0.1) is 0 Å². The monoisotopic (exact) mass is 349 g/mol. The van der Waals surface area contributed by atoms with Crippen molar-refractivity contribution in [1.29, 1.82) is 0 Å². The molecular formula is C17H20ClN3O3. The largest absolute Gasteiger partial charge is 0.477 e. The standard InChI is InChI=1S/C17H20ClN3O3/c1-21(2)13-5-3-4-12(13)19-16-14(17(22)23)15(24-20-16)10-6-8-11(18)9-7-10/h6-9,12-13H,3-5H2,1-2H3,(H,19,20)(H,22,23)/t12-,13-/m1/s1. The van der Waals surface area contributed by atoms with Crippen LogP contribution in [0.2, 0.25) is 5.02 Å². The molecule has 2 atom stereocenters. The van der Waals surface area contributed by atoms with Crippen molar-refractivity contribution >= 4 is 23.4 Å². The lowest BCUT2D eigenvalue weighted by molar-refractivity contribution is 0.0698. The van der Waals surface area contributed by atoms with Crippen LogP contribution < -0.4 is 5.32 Å². The predicted molar refractivity (Wildman–Crippen MR) is 92.6 cm³/mol. The number of anilines is 1. The number of hydrogen-bond donors (Lipinski definition) is 2. The lowest BCUT2D eigenvalue weighted by atomic mass is 10.1. The third-order valence-electron chi connectivity index (χ3n) is 4.48. The number of carboxylic acids is 1.